The van der Waals surface area contributed by atoms with Gasteiger partial charge in [0.2, 0.25) is 0 Å². The molecule has 1 fully saturated rings. The third kappa shape index (κ3) is 3.84. The SMILES string of the molecule is CC(C)NCc1ncoc1CCC1CCCC1. The Morgan fingerprint density at radius 1 is 1.41 bits per heavy atom. The summed E-state index contributed by atoms with van der Waals surface area (Å²) in [6, 6.07) is 0.495. The Morgan fingerprint density at radius 3 is 2.88 bits per heavy atom. The summed E-state index contributed by atoms with van der Waals surface area (Å²) >= 11 is 0. The van der Waals surface area contributed by atoms with Crippen LogP contribution in [0.2, 0.25) is 0 Å². The van der Waals surface area contributed by atoms with Gasteiger partial charge < -0.3 is 9.73 Å². The Kier molecular flexibility index (Phi) is 4.60. The van der Waals surface area contributed by atoms with Gasteiger partial charge in [0.1, 0.15) is 5.76 Å². The number of hydrogen-bond acceptors (Lipinski definition) is 3. The lowest BCUT2D eigenvalue weighted by Crippen LogP contribution is -2.22. The van der Waals surface area contributed by atoms with Crippen LogP contribution in [0.5, 0.6) is 0 Å². The highest BCUT2D eigenvalue weighted by Gasteiger charge is 2.17. The number of hydrogen-bond donors (Lipinski definition) is 1. The number of aryl methyl sites for hydroxylation is 1. The summed E-state index contributed by atoms with van der Waals surface area (Å²) < 4.78 is 5.51. The first-order valence-electron chi connectivity index (χ1n) is 6.90. The number of rotatable bonds is 6. The third-order valence-corrected chi connectivity index (χ3v) is 3.66. The molecule has 2 rings (SSSR count). The largest absolute Gasteiger partial charge is 0.448 e. The third-order valence-electron chi connectivity index (χ3n) is 3.66. The van der Waals surface area contributed by atoms with Crippen molar-refractivity contribution in [3.8, 4) is 0 Å². The van der Waals surface area contributed by atoms with E-state index in [4.69, 9.17) is 4.42 Å². The van der Waals surface area contributed by atoms with Crippen LogP contribution < -0.4 is 5.32 Å². The molecule has 1 aliphatic carbocycles. The van der Waals surface area contributed by atoms with Crippen LogP contribution in [0.15, 0.2) is 10.8 Å². The first-order chi connectivity index (χ1) is 8.25. The molecule has 0 aliphatic heterocycles. The second-order valence-corrected chi connectivity index (χ2v) is 5.45. The lowest BCUT2D eigenvalue weighted by molar-refractivity contribution is 0.441. The van der Waals surface area contributed by atoms with Gasteiger partial charge in [-0.15, -0.1) is 0 Å². The Hall–Kier alpha value is -0.830. The summed E-state index contributed by atoms with van der Waals surface area (Å²) in [5.74, 6) is 2.01. The molecule has 0 amide bonds. The Morgan fingerprint density at radius 2 is 2.18 bits per heavy atom. The van der Waals surface area contributed by atoms with Gasteiger partial charge >= 0.3 is 0 Å². The van der Waals surface area contributed by atoms with Gasteiger partial charge in [-0.05, 0) is 12.3 Å². The maximum atomic E-state index is 5.51. The summed E-state index contributed by atoms with van der Waals surface area (Å²) in [7, 11) is 0. The van der Waals surface area contributed by atoms with Crippen LogP contribution in [0, 0.1) is 5.92 Å². The molecule has 96 valence electrons. The lowest BCUT2D eigenvalue weighted by Gasteiger charge is -2.09. The number of nitrogens with zero attached hydrogens (tertiary/aromatic N) is 1. The highest BCUT2D eigenvalue weighted by Crippen LogP contribution is 2.29. The highest BCUT2D eigenvalue weighted by atomic mass is 16.3. The van der Waals surface area contributed by atoms with Gasteiger partial charge in [-0.2, -0.15) is 0 Å². The van der Waals surface area contributed by atoms with Gasteiger partial charge in [-0.25, -0.2) is 4.98 Å². The monoisotopic (exact) mass is 236 g/mol. The molecule has 1 aromatic rings. The van der Waals surface area contributed by atoms with Gasteiger partial charge in [0.25, 0.3) is 0 Å². The molecule has 0 saturated heterocycles. The maximum Gasteiger partial charge on any atom is 0.181 e. The van der Waals surface area contributed by atoms with Gasteiger partial charge in [0.15, 0.2) is 6.39 Å². The van der Waals surface area contributed by atoms with Gasteiger partial charge in [-0.1, -0.05) is 39.5 Å². The molecule has 0 atom stereocenters. The maximum absolute atomic E-state index is 5.51. The van der Waals surface area contributed by atoms with E-state index in [-0.39, 0.29) is 0 Å². The van der Waals surface area contributed by atoms with E-state index in [0.29, 0.717) is 6.04 Å². The molecule has 1 aromatic heterocycles. The van der Waals surface area contributed by atoms with Crippen LogP contribution in [0.3, 0.4) is 0 Å². The average molecular weight is 236 g/mol. The van der Waals surface area contributed by atoms with E-state index in [0.717, 1.165) is 30.3 Å². The van der Waals surface area contributed by atoms with Crippen LogP contribution in [0.25, 0.3) is 0 Å². The second kappa shape index (κ2) is 6.20. The molecule has 3 nitrogen and oxygen atoms in total. The van der Waals surface area contributed by atoms with Crippen molar-refractivity contribution in [3.63, 3.8) is 0 Å². The van der Waals surface area contributed by atoms with Crippen molar-refractivity contribution >= 4 is 0 Å². The number of nitrogens with one attached hydrogen (secondary N) is 1. The molecule has 0 radical (unpaired) electrons. The minimum Gasteiger partial charge on any atom is -0.448 e. The molecule has 0 aromatic carbocycles. The molecule has 17 heavy (non-hydrogen) atoms. The fourth-order valence-corrected chi connectivity index (χ4v) is 2.58. The Balaban J connectivity index is 1.80. The first kappa shape index (κ1) is 12.6. The smallest absolute Gasteiger partial charge is 0.181 e. The molecule has 0 unspecified atom stereocenters. The van der Waals surface area contributed by atoms with Crippen LogP contribution in [0.4, 0.5) is 0 Å². The van der Waals surface area contributed by atoms with E-state index in [1.807, 2.05) is 0 Å². The van der Waals surface area contributed by atoms with Crippen LogP contribution >= 0.6 is 0 Å². The van der Waals surface area contributed by atoms with Crippen molar-refractivity contribution in [2.75, 3.05) is 0 Å². The summed E-state index contributed by atoms with van der Waals surface area (Å²) in [5.41, 5.74) is 1.09. The minimum atomic E-state index is 0.495. The molecule has 1 saturated carbocycles. The summed E-state index contributed by atoms with van der Waals surface area (Å²) in [5, 5.41) is 3.39. The van der Waals surface area contributed by atoms with Crippen LogP contribution in [0.1, 0.15) is 57.4 Å². The zero-order valence-electron chi connectivity index (χ0n) is 11.0. The van der Waals surface area contributed by atoms with Crippen molar-refractivity contribution in [3.05, 3.63) is 17.8 Å². The molecule has 3 heteroatoms. The van der Waals surface area contributed by atoms with Gasteiger partial charge in [0.05, 0.1) is 5.69 Å². The first-order valence-corrected chi connectivity index (χ1v) is 6.90. The van der Waals surface area contributed by atoms with E-state index in [2.05, 4.69) is 24.1 Å². The van der Waals surface area contributed by atoms with Crippen molar-refractivity contribution in [2.45, 2.75) is 65.0 Å². The van der Waals surface area contributed by atoms with E-state index < -0.39 is 0 Å². The van der Waals surface area contributed by atoms with E-state index in [1.165, 1.54) is 32.1 Å². The average Bonchev–Trinajstić information content (AvgIpc) is 2.95. The molecule has 1 N–H and O–H groups in total. The Labute approximate surface area is 104 Å². The van der Waals surface area contributed by atoms with E-state index >= 15 is 0 Å². The number of aromatic nitrogens is 1. The quantitative estimate of drug-likeness (QED) is 0.823. The predicted molar refractivity (Wildman–Crippen MR) is 68.8 cm³/mol. The van der Waals surface area contributed by atoms with Crippen molar-refractivity contribution < 1.29 is 4.42 Å². The molecule has 0 spiro atoms. The fraction of sp³-hybridized carbons (Fsp3) is 0.786. The molecule has 1 aliphatic rings. The van der Waals surface area contributed by atoms with Crippen molar-refractivity contribution in [1.82, 2.24) is 10.3 Å². The number of oxazole rings is 1. The van der Waals surface area contributed by atoms with E-state index in [1.54, 1.807) is 6.39 Å². The lowest BCUT2D eigenvalue weighted by atomic mass is 10.0. The molecular formula is C14H24N2O. The van der Waals surface area contributed by atoms with Crippen molar-refractivity contribution in [2.24, 2.45) is 5.92 Å². The Bertz CT molecular complexity index is 327. The van der Waals surface area contributed by atoms with Crippen molar-refractivity contribution in [1.29, 1.82) is 0 Å². The summed E-state index contributed by atoms with van der Waals surface area (Å²) in [4.78, 5) is 4.30. The molecule has 0 bridgehead atoms. The summed E-state index contributed by atoms with van der Waals surface area (Å²) in [6.07, 6.45) is 9.57. The minimum absolute atomic E-state index is 0.495. The topological polar surface area (TPSA) is 38.1 Å². The van der Waals surface area contributed by atoms with Crippen LogP contribution in [-0.4, -0.2) is 11.0 Å². The fourth-order valence-electron chi connectivity index (χ4n) is 2.58. The molecular weight excluding hydrogens is 212 g/mol. The molecule has 1 heterocycles. The highest BCUT2D eigenvalue weighted by molar-refractivity contribution is 5.07. The van der Waals surface area contributed by atoms with E-state index in [9.17, 15) is 0 Å². The van der Waals surface area contributed by atoms with Crippen LogP contribution in [-0.2, 0) is 13.0 Å². The normalized spacial score (nSPS) is 17.1. The predicted octanol–water partition coefficient (Wildman–Crippen LogP) is 3.30. The van der Waals surface area contributed by atoms with Gasteiger partial charge in [0, 0.05) is 19.0 Å². The zero-order chi connectivity index (χ0) is 12.1. The zero-order valence-corrected chi connectivity index (χ0v) is 11.0. The standard InChI is InChI=1S/C14H24N2O/c1-11(2)15-9-13-14(17-10-16-13)8-7-12-5-3-4-6-12/h10-12,15H,3-9H2,1-2H3. The second-order valence-electron chi connectivity index (χ2n) is 5.45. The summed E-state index contributed by atoms with van der Waals surface area (Å²) in [6.45, 7) is 5.13. The van der Waals surface area contributed by atoms with Gasteiger partial charge in [-0.3, -0.25) is 0 Å².